The van der Waals surface area contributed by atoms with E-state index in [1.165, 1.54) is 22.5 Å². The number of hydrogen-bond acceptors (Lipinski definition) is 4. The molecule has 0 aliphatic carbocycles. The highest BCUT2D eigenvalue weighted by atomic mass is 32.2. The maximum absolute atomic E-state index is 13.3. The van der Waals surface area contributed by atoms with Crippen molar-refractivity contribution in [3.63, 3.8) is 0 Å². The van der Waals surface area contributed by atoms with Crippen molar-refractivity contribution in [1.82, 2.24) is 0 Å². The minimum absolute atomic E-state index is 0.0660. The number of benzene rings is 2. The van der Waals surface area contributed by atoms with E-state index >= 15 is 0 Å². The number of fused-ring (bicyclic) bond motifs is 2. The van der Waals surface area contributed by atoms with Gasteiger partial charge in [0.15, 0.2) is 0 Å². The van der Waals surface area contributed by atoms with Crippen LogP contribution in [-0.4, -0.2) is 26.3 Å². The number of para-hydroxylation sites is 1. The van der Waals surface area contributed by atoms with E-state index in [4.69, 9.17) is 0 Å². The summed E-state index contributed by atoms with van der Waals surface area (Å²) in [6.07, 6.45) is 0.348. The molecule has 26 heavy (non-hydrogen) atoms. The third-order valence-corrected chi connectivity index (χ3v) is 6.49. The molecule has 2 aliphatic heterocycles. The summed E-state index contributed by atoms with van der Waals surface area (Å²) in [7, 11) is -3.81. The van der Waals surface area contributed by atoms with Gasteiger partial charge in [0.1, 0.15) is 6.42 Å². The first-order valence-corrected chi connectivity index (χ1v) is 9.66. The van der Waals surface area contributed by atoms with Crippen LogP contribution < -0.4 is 14.9 Å². The molecule has 1 unspecified atom stereocenters. The fourth-order valence-corrected chi connectivity index (χ4v) is 5.17. The summed E-state index contributed by atoms with van der Waals surface area (Å²) in [6, 6.07) is 11.6. The SMILES string of the molecule is CC1Cc2ccccc2N1S(=O)(=O)c1ccc2c(c1)NC(=O)CC(=O)N2. The van der Waals surface area contributed by atoms with E-state index in [0.29, 0.717) is 17.8 Å². The molecule has 4 rings (SSSR count). The Morgan fingerprint density at radius 1 is 1.00 bits per heavy atom. The molecule has 0 radical (unpaired) electrons. The quantitative estimate of drug-likeness (QED) is 0.791. The van der Waals surface area contributed by atoms with E-state index in [2.05, 4.69) is 10.6 Å². The largest absolute Gasteiger partial charge is 0.324 e. The summed E-state index contributed by atoms with van der Waals surface area (Å²) >= 11 is 0. The third-order valence-electron chi connectivity index (χ3n) is 4.56. The van der Waals surface area contributed by atoms with Crippen LogP contribution in [0.2, 0.25) is 0 Å². The highest BCUT2D eigenvalue weighted by Crippen LogP contribution is 2.38. The normalized spacial score (nSPS) is 19.3. The van der Waals surface area contributed by atoms with Gasteiger partial charge in [-0.25, -0.2) is 8.42 Å². The number of nitrogens with one attached hydrogen (secondary N) is 2. The van der Waals surface area contributed by atoms with Crippen molar-refractivity contribution in [1.29, 1.82) is 0 Å². The van der Waals surface area contributed by atoms with Crippen LogP contribution in [0, 0.1) is 0 Å². The molecular weight excluding hydrogens is 354 g/mol. The minimum atomic E-state index is -3.81. The second-order valence-corrected chi connectivity index (χ2v) is 8.28. The van der Waals surface area contributed by atoms with Gasteiger partial charge < -0.3 is 10.6 Å². The second-order valence-electron chi connectivity index (χ2n) is 6.46. The monoisotopic (exact) mass is 371 g/mol. The van der Waals surface area contributed by atoms with Gasteiger partial charge in [0.05, 0.1) is 22.0 Å². The maximum Gasteiger partial charge on any atom is 0.264 e. The van der Waals surface area contributed by atoms with Crippen molar-refractivity contribution in [2.75, 3.05) is 14.9 Å². The molecule has 2 N–H and O–H groups in total. The molecule has 0 bridgehead atoms. The van der Waals surface area contributed by atoms with Gasteiger partial charge in [-0.05, 0) is 43.2 Å². The van der Waals surface area contributed by atoms with Crippen molar-refractivity contribution in [3.05, 3.63) is 48.0 Å². The highest BCUT2D eigenvalue weighted by Gasteiger charge is 2.36. The lowest BCUT2D eigenvalue weighted by atomic mass is 10.1. The Bertz CT molecular complexity index is 1030. The number of nitrogens with zero attached hydrogens (tertiary/aromatic N) is 1. The summed E-state index contributed by atoms with van der Waals surface area (Å²) in [5.74, 6) is -0.908. The first kappa shape index (κ1) is 16.6. The Morgan fingerprint density at radius 3 is 2.46 bits per heavy atom. The smallest absolute Gasteiger partial charge is 0.264 e. The summed E-state index contributed by atoms with van der Waals surface area (Å²) < 4.78 is 27.9. The summed E-state index contributed by atoms with van der Waals surface area (Å²) in [5.41, 5.74) is 2.32. The fourth-order valence-electron chi connectivity index (χ4n) is 3.45. The molecular formula is C18H17N3O4S. The molecule has 0 saturated heterocycles. The summed E-state index contributed by atoms with van der Waals surface area (Å²) in [4.78, 5) is 23.5. The first-order valence-electron chi connectivity index (χ1n) is 8.22. The minimum Gasteiger partial charge on any atom is -0.324 e. The highest BCUT2D eigenvalue weighted by molar-refractivity contribution is 7.92. The van der Waals surface area contributed by atoms with Crippen LogP contribution in [0.25, 0.3) is 0 Å². The maximum atomic E-state index is 13.3. The molecule has 0 spiro atoms. The van der Waals surface area contributed by atoms with E-state index in [0.717, 1.165) is 5.56 Å². The molecule has 0 aromatic heterocycles. The number of hydrogen-bond donors (Lipinski definition) is 2. The van der Waals surface area contributed by atoms with Crippen LogP contribution >= 0.6 is 0 Å². The van der Waals surface area contributed by atoms with Gasteiger partial charge in [-0.3, -0.25) is 13.9 Å². The van der Waals surface area contributed by atoms with Crippen LogP contribution in [0.4, 0.5) is 17.1 Å². The van der Waals surface area contributed by atoms with E-state index in [9.17, 15) is 18.0 Å². The lowest BCUT2D eigenvalue weighted by Gasteiger charge is -2.25. The van der Waals surface area contributed by atoms with Crippen molar-refractivity contribution in [3.8, 4) is 0 Å². The van der Waals surface area contributed by atoms with Crippen LogP contribution in [0.3, 0.4) is 0 Å². The number of amides is 2. The van der Waals surface area contributed by atoms with Gasteiger partial charge in [0.25, 0.3) is 10.0 Å². The van der Waals surface area contributed by atoms with Gasteiger partial charge in [-0.1, -0.05) is 18.2 Å². The molecule has 0 saturated carbocycles. The second kappa shape index (κ2) is 5.84. The van der Waals surface area contributed by atoms with Crippen molar-refractivity contribution in [2.45, 2.75) is 30.7 Å². The molecule has 2 aliphatic rings. The van der Waals surface area contributed by atoms with E-state index in [1.807, 2.05) is 25.1 Å². The molecule has 1 atom stereocenters. The van der Waals surface area contributed by atoms with Crippen LogP contribution in [0.5, 0.6) is 0 Å². The zero-order valence-corrected chi connectivity index (χ0v) is 14.8. The molecule has 7 nitrogen and oxygen atoms in total. The fraction of sp³-hybridized carbons (Fsp3) is 0.222. The number of anilines is 3. The number of sulfonamides is 1. The Morgan fingerprint density at radius 2 is 1.69 bits per heavy atom. The summed E-state index contributed by atoms with van der Waals surface area (Å²) in [5, 5.41) is 5.18. The van der Waals surface area contributed by atoms with Gasteiger partial charge >= 0.3 is 0 Å². The average molecular weight is 371 g/mol. The van der Waals surface area contributed by atoms with Crippen molar-refractivity contribution >= 4 is 38.9 Å². The van der Waals surface area contributed by atoms with Crippen molar-refractivity contribution in [2.24, 2.45) is 0 Å². The van der Waals surface area contributed by atoms with Crippen molar-refractivity contribution < 1.29 is 18.0 Å². The van der Waals surface area contributed by atoms with E-state index in [1.54, 1.807) is 6.07 Å². The molecule has 8 heteroatoms. The van der Waals surface area contributed by atoms with Gasteiger partial charge in [0, 0.05) is 6.04 Å². The van der Waals surface area contributed by atoms with Gasteiger partial charge in [-0.15, -0.1) is 0 Å². The lowest BCUT2D eigenvalue weighted by molar-refractivity contribution is -0.123. The number of rotatable bonds is 2. The Kier molecular flexibility index (Phi) is 3.73. The molecule has 134 valence electrons. The zero-order chi connectivity index (χ0) is 18.5. The predicted molar refractivity (Wildman–Crippen MR) is 97.6 cm³/mol. The van der Waals surface area contributed by atoms with Crippen LogP contribution in [0.15, 0.2) is 47.4 Å². The first-order chi connectivity index (χ1) is 12.4. The third kappa shape index (κ3) is 2.62. The number of carbonyl (C=O) groups excluding carboxylic acids is 2. The average Bonchev–Trinajstić information content (AvgIpc) is 2.84. The van der Waals surface area contributed by atoms with Crippen LogP contribution in [0.1, 0.15) is 18.9 Å². The summed E-state index contributed by atoms with van der Waals surface area (Å²) in [6.45, 7) is 1.86. The van der Waals surface area contributed by atoms with E-state index in [-0.39, 0.29) is 23.0 Å². The lowest BCUT2D eigenvalue weighted by Crippen LogP contribution is -2.35. The van der Waals surface area contributed by atoms with Gasteiger partial charge in [-0.2, -0.15) is 0 Å². The van der Waals surface area contributed by atoms with Gasteiger partial charge in [0.2, 0.25) is 11.8 Å². The molecule has 0 fully saturated rings. The molecule has 2 heterocycles. The number of carbonyl (C=O) groups is 2. The van der Waals surface area contributed by atoms with Crippen LogP contribution in [-0.2, 0) is 26.0 Å². The molecule has 2 aromatic carbocycles. The predicted octanol–water partition coefficient (Wildman–Crippen LogP) is 2.11. The zero-order valence-electron chi connectivity index (χ0n) is 14.0. The van der Waals surface area contributed by atoms with E-state index < -0.39 is 21.8 Å². The standard InChI is InChI=1S/C18H17N3O4S/c1-11-8-12-4-2-3-5-16(12)21(11)26(24,25)13-6-7-14-15(9-13)20-18(23)10-17(22)19-14/h2-7,9,11H,8,10H2,1H3,(H,19,22)(H,20,23). The Balaban J connectivity index is 1.78. The Hall–Kier alpha value is -2.87. The topological polar surface area (TPSA) is 95.6 Å². The molecule has 2 amide bonds. The Labute approximate surface area is 151 Å². The molecule has 2 aromatic rings.